The summed E-state index contributed by atoms with van der Waals surface area (Å²) in [5.41, 5.74) is 0. The molecule has 0 saturated heterocycles. The van der Waals surface area contributed by atoms with Crippen molar-refractivity contribution in [1.29, 1.82) is 0 Å². The first kappa shape index (κ1) is 49.6. The first-order valence-electron chi connectivity index (χ1n) is 8.84. The van der Waals surface area contributed by atoms with Gasteiger partial charge in [-0.25, -0.2) is 12.8 Å². The summed E-state index contributed by atoms with van der Waals surface area (Å²) in [5, 5.41) is 11.2. The normalized spacial score (nSPS) is 16.7. The number of halogens is 23. The number of rotatable bonds is 13. The number of alkyl halides is 22. The van der Waals surface area contributed by atoms with Crippen LogP contribution < -0.4 is 69.3 Å². The largest absolute Gasteiger partial charge is 1.00 e. The molecule has 0 aromatic rings. The van der Waals surface area contributed by atoms with Crippen molar-refractivity contribution in [2.75, 3.05) is 0 Å². The first-order chi connectivity index (χ1) is 18.5. The molecule has 0 aliphatic rings. The van der Waals surface area contributed by atoms with Crippen LogP contribution in [-0.2, 0) is 19.6 Å². The molecule has 0 rings (SSSR count). The van der Waals surface area contributed by atoms with Crippen LogP contribution >= 0.6 is 0 Å². The molecule has 0 fully saturated rings. The molecule has 0 unspecified atom stereocenters. The molecule has 7 nitrogen and oxygen atoms in total. The zero-order valence-corrected chi connectivity index (χ0v) is 25.3. The quantitative estimate of drug-likeness (QED) is 0.0848. The maximum atomic E-state index is 14.1. The van der Waals surface area contributed by atoms with Gasteiger partial charge in [-0.1, -0.05) is 0 Å². The summed E-state index contributed by atoms with van der Waals surface area (Å²) >= 11 is 0. The first-order valence-corrected chi connectivity index (χ1v) is 10.3. The van der Waals surface area contributed by atoms with Crippen LogP contribution in [-0.4, -0.2) is 89.5 Å². The Morgan fingerprint density at radius 1 is 0.457 bits per heavy atom. The summed E-state index contributed by atoms with van der Waals surface area (Å²) in [4.78, 5) is 20.5. The van der Waals surface area contributed by atoms with Gasteiger partial charge in [-0.05, 0) is 0 Å². The molecule has 0 amide bonds. The van der Waals surface area contributed by atoms with Gasteiger partial charge in [0.2, 0.25) is 0 Å². The van der Waals surface area contributed by atoms with E-state index in [9.17, 15) is 129 Å². The standard InChI is InChI=1S/C13H2F23NO6S.2Na/c14-3(15,1(38)39)5(17,18)4(16,2(40)41)37(36)44(42,43)13(34,35)11(29,30)9(25,26)7(21,22)6(19,20)8(23,24)10(27,28)12(31,32)33;;/h(H,38,39)(H,40,41);;/q;2*+1/p-2/t4-;;/m1../s1. The Morgan fingerprint density at radius 2 is 0.717 bits per heavy atom. The fourth-order valence-corrected chi connectivity index (χ4v) is 3.40. The van der Waals surface area contributed by atoms with Gasteiger partial charge in [-0.15, -0.1) is 4.48 Å². The van der Waals surface area contributed by atoms with Crippen LogP contribution in [0, 0.1) is 0 Å². The minimum absolute atomic E-state index is 0. The summed E-state index contributed by atoms with van der Waals surface area (Å²) < 4.78 is 323. The van der Waals surface area contributed by atoms with Crippen molar-refractivity contribution >= 4 is 22.0 Å². The Kier molecular flexibility index (Phi) is 13.9. The predicted molar refractivity (Wildman–Crippen MR) is 76.3 cm³/mol. The number of carboxylic acid groups (broad SMARTS) is 2. The van der Waals surface area contributed by atoms with E-state index < -0.39 is 91.1 Å². The van der Waals surface area contributed by atoms with Crippen LogP contribution in [0.2, 0.25) is 0 Å². The van der Waals surface area contributed by atoms with Crippen molar-refractivity contribution in [2.24, 2.45) is 0 Å². The number of carbonyl (C=O) groups is 2. The van der Waals surface area contributed by atoms with E-state index in [1.54, 1.807) is 0 Å². The number of sulfonamides is 1. The SMILES string of the molecule is O=C([O-])C(F)(F)C(F)(F)[C@@](F)(C(=O)[O-])N(F)S(=O)(=O)C(F)(F)C(F)(F)C(F)(F)C(F)(F)C(F)(F)C(F)(F)C(F)(F)C(F)(F)F.[Na+].[Na+]. The second-order valence-corrected chi connectivity index (χ2v) is 9.31. The smallest absolute Gasteiger partial charge is 0.545 e. The fourth-order valence-electron chi connectivity index (χ4n) is 2.22. The van der Waals surface area contributed by atoms with Crippen LogP contribution in [0.5, 0.6) is 0 Å². The van der Waals surface area contributed by atoms with E-state index in [4.69, 9.17) is 0 Å². The van der Waals surface area contributed by atoms with Gasteiger partial charge in [-0.3, -0.25) is 0 Å². The topological polar surface area (TPSA) is 118 Å². The Bertz CT molecular complexity index is 1270. The number of nitrogens with zero attached hydrogens (tertiary/aromatic N) is 1. The van der Waals surface area contributed by atoms with E-state index in [1.165, 1.54) is 0 Å². The van der Waals surface area contributed by atoms with Gasteiger partial charge in [0.15, 0.2) is 0 Å². The average molecular weight is 781 g/mol. The van der Waals surface area contributed by atoms with Crippen molar-refractivity contribution < 1.29 is 188 Å². The minimum Gasteiger partial charge on any atom is -0.545 e. The third kappa shape index (κ3) is 6.02. The summed E-state index contributed by atoms with van der Waals surface area (Å²) in [7, 11) is -9.96. The third-order valence-corrected chi connectivity index (χ3v) is 6.39. The van der Waals surface area contributed by atoms with Gasteiger partial charge in [0, 0.05) is 4.53 Å². The molecule has 0 saturated carbocycles. The van der Waals surface area contributed by atoms with Gasteiger partial charge in [0.25, 0.3) is 0 Å². The Morgan fingerprint density at radius 3 is 0.957 bits per heavy atom. The molecule has 33 heteroatoms. The van der Waals surface area contributed by atoms with Gasteiger partial charge in [-0.2, -0.15) is 92.2 Å². The van der Waals surface area contributed by atoms with Crippen molar-refractivity contribution in [3.63, 3.8) is 0 Å². The number of carbonyl (C=O) groups excluding carboxylic acids is 2. The van der Waals surface area contributed by atoms with Gasteiger partial charge >= 0.3 is 134 Å². The molecular weight excluding hydrogens is 781 g/mol. The summed E-state index contributed by atoms with van der Waals surface area (Å²) in [6.45, 7) is 0. The van der Waals surface area contributed by atoms with Gasteiger partial charge < -0.3 is 19.8 Å². The molecule has 46 heavy (non-hydrogen) atoms. The molecule has 0 spiro atoms. The van der Waals surface area contributed by atoms with Gasteiger partial charge in [0.05, 0.1) is 0 Å². The second kappa shape index (κ2) is 12.8. The molecule has 0 radical (unpaired) electrons. The molecular formula is C13F23NNa2O6S. The minimum atomic E-state index is -9.96. The molecule has 0 aliphatic carbocycles. The molecule has 0 aliphatic heterocycles. The van der Waals surface area contributed by atoms with E-state index in [0.717, 1.165) is 0 Å². The Hall–Kier alpha value is -0.760. The van der Waals surface area contributed by atoms with E-state index >= 15 is 0 Å². The molecule has 1 atom stereocenters. The van der Waals surface area contributed by atoms with Crippen molar-refractivity contribution in [1.82, 2.24) is 4.53 Å². The van der Waals surface area contributed by atoms with Crippen LogP contribution in [0.15, 0.2) is 0 Å². The molecule has 0 aromatic carbocycles. The Labute approximate surface area is 278 Å². The van der Waals surface area contributed by atoms with E-state index in [2.05, 4.69) is 0 Å². The zero-order chi connectivity index (χ0) is 36.7. The predicted octanol–water partition coefficient (Wildman–Crippen LogP) is -3.09. The number of aliphatic carboxylic acids is 2. The summed E-state index contributed by atoms with van der Waals surface area (Å²) in [6, 6.07) is 0. The van der Waals surface area contributed by atoms with Crippen LogP contribution in [0.3, 0.4) is 0 Å². The summed E-state index contributed by atoms with van der Waals surface area (Å²) in [6.07, 6.45) is -8.22. The van der Waals surface area contributed by atoms with Crippen LogP contribution in [0.25, 0.3) is 0 Å². The van der Waals surface area contributed by atoms with E-state index in [0.29, 0.717) is 0 Å². The number of hydrogen-bond acceptors (Lipinski definition) is 6. The van der Waals surface area contributed by atoms with Crippen molar-refractivity contribution in [3.8, 4) is 0 Å². The average Bonchev–Trinajstić information content (AvgIpc) is 2.80. The van der Waals surface area contributed by atoms with Crippen LogP contribution in [0.4, 0.5) is 101 Å². The molecule has 262 valence electrons. The van der Waals surface area contributed by atoms with E-state index in [-0.39, 0.29) is 59.1 Å². The van der Waals surface area contributed by atoms with E-state index in [1.807, 2.05) is 0 Å². The fraction of sp³-hybridized carbons (Fsp3) is 0.846. The Balaban J connectivity index is -0.00000924. The monoisotopic (exact) mass is 781 g/mol. The molecule has 0 heterocycles. The van der Waals surface area contributed by atoms with Crippen molar-refractivity contribution in [2.45, 2.75) is 64.6 Å². The molecule has 0 aromatic heterocycles. The maximum absolute atomic E-state index is 14.1. The summed E-state index contributed by atoms with van der Waals surface area (Å²) in [5.74, 6) is -90.4. The third-order valence-electron chi connectivity index (χ3n) is 4.81. The van der Waals surface area contributed by atoms with Crippen molar-refractivity contribution in [3.05, 3.63) is 0 Å². The maximum Gasteiger partial charge on any atom is 1.00 e. The van der Waals surface area contributed by atoms with Gasteiger partial charge in [0.1, 0.15) is 11.9 Å². The zero-order valence-electron chi connectivity index (χ0n) is 20.5. The second-order valence-electron chi connectivity index (χ2n) is 7.53. The number of carboxylic acids is 2. The number of hydrogen-bond donors (Lipinski definition) is 0. The van der Waals surface area contributed by atoms with Crippen LogP contribution in [0.1, 0.15) is 0 Å². The molecule has 0 bridgehead atoms. The molecule has 0 N–H and O–H groups in total.